The first kappa shape index (κ1) is 13.9. The molecule has 0 fully saturated rings. The van der Waals surface area contributed by atoms with E-state index >= 15 is 0 Å². The molecule has 0 bridgehead atoms. The number of hydrogen-bond donors (Lipinski definition) is 4. The number of nitrogens with one attached hydrogen (secondary N) is 2. The summed E-state index contributed by atoms with van der Waals surface area (Å²) < 4.78 is 0. The highest BCUT2D eigenvalue weighted by atomic mass is 32.2. The normalized spacial score (nSPS) is 10.2. The lowest BCUT2D eigenvalue weighted by molar-refractivity contribution is 1.23. The van der Waals surface area contributed by atoms with Crippen molar-refractivity contribution in [1.82, 2.24) is 0 Å². The molecule has 0 amide bonds. The van der Waals surface area contributed by atoms with Crippen LogP contribution < -0.4 is 11.5 Å². The Morgan fingerprint density at radius 2 is 1.47 bits per heavy atom. The molecule has 0 aliphatic heterocycles. The molecule has 17 heavy (non-hydrogen) atoms. The fraction of sp³-hybridized carbons (Fsp3) is 0.273. The van der Waals surface area contributed by atoms with Gasteiger partial charge in [0.2, 0.25) is 0 Å². The minimum atomic E-state index is 0.132. The molecule has 0 saturated heterocycles. The van der Waals surface area contributed by atoms with E-state index in [0.29, 0.717) is 11.5 Å². The van der Waals surface area contributed by atoms with Gasteiger partial charge in [-0.1, -0.05) is 41.7 Å². The van der Waals surface area contributed by atoms with E-state index in [-0.39, 0.29) is 10.3 Å². The topological polar surface area (TPSA) is 99.7 Å². The van der Waals surface area contributed by atoms with Crippen LogP contribution in [0.3, 0.4) is 0 Å². The Hall–Kier alpha value is -1.14. The molecule has 0 radical (unpaired) electrons. The van der Waals surface area contributed by atoms with Crippen LogP contribution in [0.4, 0.5) is 0 Å². The molecule has 0 aliphatic rings. The Kier molecular flexibility index (Phi) is 5.37. The van der Waals surface area contributed by atoms with Crippen LogP contribution in [0.2, 0.25) is 0 Å². The van der Waals surface area contributed by atoms with Crippen LogP contribution in [-0.4, -0.2) is 10.3 Å². The van der Waals surface area contributed by atoms with Crippen LogP contribution >= 0.6 is 23.5 Å². The Morgan fingerprint density at radius 3 is 1.82 bits per heavy atom. The predicted octanol–water partition coefficient (Wildman–Crippen LogP) is 2.25. The van der Waals surface area contributed by atoms with Gasteiger partial charge in [-0.05, 0) is 23.6 Å². The summed E-state index contributed by atoms with van der Waals surface area (Å²) in [6.45, 7) is 2.05. The highest BCUT2D eigenvalue weighted by Crippen LogP contribution is 2.22. The van der Waals surface area contributed by atoms with Crippen molar-refractivity contribution < 1.29 is 0 Å². The van der Waals surface area contributed by atoms with E-state index in [2.05, 4.69) is 0 Å². The van der Waals surface area contributed by atoms with Crippen molar-refractivity contribution in [2.24, 2.45) is 11.5 Å². The van der Waals surface area contributed by atoms with Gasteiger partial charge < -0.3 is 11.5 Å². The molecule has 0 spiro atoms. The first-order valence-electron chi connectivity index (χ1n) is 5.01. The number of benzene rings is 1. The molecule has 4 nitrogen and oxygen atoms in total. The van der Waals surface area contributed by atoms with E-state index in [4.69, 9.17) is 22.3 Å². The summed E-state index contributed by atoms with van der Waals surface area (Å²) in [5.74, 6) is 1.42. The first-order valence-corrected chi connectivity index (χ1v) is 6.99. The molecule has 0 aromatic heterocycles. The highest BCUT2D eigenvalue weighted by Gasteiger charge is 2.05. The molecule has 0 atom stereocenters. The first-order chi connectivity index (χ1) is 8.00. The summed E-state index contributed by atoms with van der Waals surface area (Å²) in [5.41, 5.74) is 14.2. The van der Waals surface area contributed by atoms with Crippen molar-refractivity contribution in [2.45, 2.75) is 18.4 Å². The number of amidine groups is 2. The van der Waals surface area contributed by atoms with Gasteiger partial charge in [0.15, 0.2) is 10.3 Å². The van der Waals surface area contributed by atoms with E-state index < -0.39 is 0 Å². The third-order valence-electron chi connectivity index (χ3n) is 2.32. The zero-order valence-electron chi connectivity index (χ0n) is 9.62. The summed E-state index contributed by atoms with van der Waals surface area (Å²) >= 11 is 2.64. The molecule has 1 aromatic carbocycles. The van der Waals surface area contributed by atoms with Gasteiger partial charge in [-0.15, -0.1) is 0 Å². The third-order valence-corrected chi connectivity index (χ3v) is 3.86. The van der Waals surface area contributed by atoms with E-state index in [1.165, 1.54) is 40.2 Å². The van der Waals surface area contributed by atoms with Gasteiger partial charge in [-0.3, -0.25) is 10.8 Å². The zero-order valence-corrected chi connectivity index (χ0v) is 11.3. The Labute approximate surface area is 110 Å². The van der Waals surface area contributed by atoms with Crippen molar-refractivity contribution in [1.29, 1.82) is 10.8 Å². The smallest absolute Gasteiger partial charge is 0.151 e. The Bertz CT molecular complexity index is 395. The zero-order chi connectivity index (χ0) is 12.8. The molecular weight excluding hydrogens is 252 g/mol. The SMILES string of the molecule is Cc1c(CSC(=N)N)cccc1CSC(=N)N. The van der Waals surface area contributed by atoms with Crippen molar-refractivity contribution in [2.75, 3.05) is 0 Å². The second kappa shape index (κ2) is 6.56. The minimum Gasteiger partial charge on any atom is -0.379 e. The predicted molar refractivity (Wildman–Crippen MR) is 77.6 cm³/mol. The molecule has 6 N–H and O–H groups in total. The molecule has 0 aliphatic carbocycles. The Balaban J connectivity index is 2.76. The summed E-state index contributed by atoms with van der Waals surface area (Å²) in [6, 6.07) is 6.06. The highest BCUT2D eigenvalue weighted by molar-refractivity contribution is 8.13. The second-order valence-electron chi connectivity index (χ2n) is 3.51. The average molecular weight is 268 g/mol. The maximum Gasteiger partial charge on any atom is 0.151 e. The molecule has 0 unspecified atom stereocenters. The van der Waals surface area contributed by atoms with Gasteiger partial charge in [0.25, 0.3) is 0 Å². The summed E-state index contributed by atoms with van der Waals surface area (Å²) in [5, 5.41) is 14.7. The molecule has 0 heterocycles. The minimum absolute atomic E-state index is 0.132. The Morgan fingerprint density at radius 1 is 1.06 bits per heavy atom. The van der Waals surface area contributed by atoms with Gasteiger partial charge >= 0.3 is 0 Å². The standard InChI is InChI=1S/C11H16N4S2/c1-7-8(5-16-10(12)13)3-2-4-9(7)6-17-11(14)15/h2-4H,5-6H2,1H3,(H3,12,13)(H3,14,15). The molecule has 92 valence electrons. The van der Waals surface area contributed by atoms with Crippen LogP contribution in [0.5, 0.6) is 0 Å². The van der Waals surface area contributed by atoms with Crippen molar-refractivity contribution >= 4 is 33.9 Å². The van der Waals surface area contributed by atoms with Gasteiger partial charge in [0, 0.05) is 11.5 Å². The van der Waals surface area contributed by atoms with Crippen LogP contribution in [0, 0.1) is 17.7 Å². The second-order valence-corrected chi connectivity index (χ2v) is 5.54. The van der Waals surface area contributed by atoms with E-state index in [1.807, 2.05) is 25.1 Å². The monoisotopic (exact) mass is 268 g/mol. The van der Waals surface area contributed by atoms with E-state index in [1.54, 1.807) is 0 Å². The van der Waals surface area contributed by atoms with Crippen LogP contribution in [0.25, 0.3) is 0 Å². The van der Waals surface area contributed by atoms with Gasteiger partial charge in [0.1, 0.15) is 0 Å². The quantitative estimate of drug-likeness (QED) is 0.497. The summed E-state index contributed by atoms with van der Waals surface area (Å²) in [6.07, 6.45) is 0. The molecule has 0 saturated carbocycles. The van der Waals surface area contributed by atoms with E-state index in [0.717, 1.165) is 0 Å². The van der Waals surface area contributed by atoms with Gasteiger partial charge in [-0.25, -0.2) is 0 Å². The largest absolute Gasteiger partial charge is 0.379 e. The molecular formula is C11H16N4S2. The fourth-order valence-electron chi connectivity index (χ4n) is 1.36. The number of rotatable bonds is 4. The van der Waals surface area contributed by atoms with Gasteiger partial charge in [0.05, 0.1) is 0 Å². The van der Waals surface area contributed by atoms with E-state index in [9.17, 15) is 0 Å². The lowest BCUT2D eigenvalue weighted by atomic mass is 10.1. The van der Waals surface area contributed by atoms with Crippen molar-refractivity contribution in [3.8, 4) is 0 Å². The average Bonchev–Trinajstić information content (AvgIpc) is 2.25. The van der Waals surface area contributed by atoms with Crippen molar-refractivity contribution in [3.05, 3.63) is 34.9 Å². The molecule has 1 aromatic rings. The van der Waals surface area contributed by atoms with Crippen LogP contribution in [0.1, 0.15) is 16.7 Å². The summed E-state index contributed by atoms with van der Waals surface area (Å²) in [4.78, 5) is 0. The number of thioether (sulfide) groups is 2. The lowest BCUT2D eigenvalue weighted by Gasteiger charge is -2.10. The maximum atomic E-state index is 7.20. The number of nitrogens with two attached hydrogens (primary N) is 2. The van der Waals surface area contributed by atoms with Crippen LogP contribution in [0.15, 0.2) is 18.2 Å². The van der Waals surface area contributed by atoms with Gasteiger partial charge in [-0.2, -0.15) is 0 Å². The maximum absolute atomic E-state index is 7.20. The fourth-order valence-corrected chi connectivity index (χ4v) is 2.61. The molecule has 1 rings (SSSR count). The third kappa shape index (κ3) is 4.70. The molecule has 6 heteroatoms. The van der Waals surface area contributed by atoms with Crippen LogP contribution in [-0.2, 0) is 11.5 Å². The summed E-state index contributed by atoms with van der Waals surface area (Å²) in [7, 11) is 0. The lowest BCUT2D eigenvalue weighted by Crippen LogP contribution is -2.06. The number of hydrogen-bond acceptors (Lipinski definition) is 4. The van der Waals surface area contributed by atoms with Crippen molar-refractivity contribution in [3.63, 3.8) is 0 Å².